The summed E-state index contributed by atoms with van der Waals surface area (Å²) >= 11 is 0. The number of imidazole rings is 1. The Balaban J connectivity index is 2.62. The first-order chi connectivity index (χ1) is 6.72. The van der Waals surface area contributed by atoms with E-state index >= 15 is 0 Å². The Morgan fingerprint density at radius 3 is 2.86 bits per heavy atom. The van der Waals surface area contributed by atoms with Crippen LogP contribution in [0.4, 0.5) is 0 Å². The highest BCUT2D eigenvalue weighted by Gasteiger charge is 2.06. The van der Waals surface area contributed by atoms with E-state index in [1.165, 1.54) is 5.56 Å². The predicted octanol–water partition coefficient (Wildman–Crippen LogP) is 1.49. The minimum atomic E-state index is 0.156. The summed E-state index contributed by atoms with van der Waals surface area (Å²) in [4.78, 5) is 4.45. The molecule has 0 bridgehead atoms. The number of hydrogen-bond donors (Lipinski definition) is 1. The van der Waals surface area contributed by atoms with E-state index in [4.69, 9.17) is 5.11 Å². The summed E-state index contributed by atoms with van der Waals surface area (Å²) in [5, 5.41) is 8.87. The Morgan fingerprint density at radius 2 is 2.14 bits per heavy atom. The highest BCUT2D eigenvalue weighted by atomic mass is 16.3. The SMILES string of the molecule is Cc1ccc2nc(CCO)c(C)n2c1. The third kappa shape index (κ3) is 1.40. The first-order valence-corrected chi connectivity index (χ1v) is 4.77. The molecule has 0 saturated carbocycles. The highest BCUT2D eigenvalue weighted by Crippen LogP contribution is 2.13. The minimum absolute atomic E-state index is 0.156. The second-order valence-corrected chi connectivity index (χ2v) is 3.55. The Labute approximate surface area is 83.0 Å². The molecule has 2 rings (SSSR count). The molecule has 0 aliphatic carbocycles. The topological polar surface area (TPSA) is 37.5 Å². The number of pyridine rings is 1. The fraction of sp³-hybridized carbons (Fsp3) is 0.364. The Kier molecular flexibility index (Phi) is 2.25. The van der Waals surface area contributed by atoms with Gasteiger partial charge in [0.25, 0.3) is 0 Å². The van der Waals surface area contributed by atoms with E-state index in [2.05, 4.69) is 22.5 Å². The molecule has 2 heterocycles. The Bertz CT molecular complexity index is 460. The molecule has 0 saturated heterocycles. The van der Waals surface area contributed by atoms with Crippen molar-refractivity contribution in [3.05, 3.63) is 35.3 Å². The maximum Gasteiger partial charge on any atom is 0.137 e. The normalized spacial score (nSPS) is 11.1. The van der Waals surface area contributed by atoms with E-state index in [0.29, 0.717) is 6.42 Å². The minimum Gasteiger partial charge on any atom is -0.396 e. The molecule has 0 radical (unpaired) electrons. The molecule has 0 amide bonds. The number of hydrogen-bond acceptors (Lipinski definition) is 2. The van der Waals surface area contributed by atoms with Crippen LogP contribution in [0.25, 0.3) is 5.65 Å². The molecule has 3 heteroatoms. The molecule has 0 spiro atoms. The molecule has 1 N–H and O–H groups in total. The molecule has 2 aromatic rings. The van der Waals surface area contributed by atoms with Gasteiger partial charge in [-0.3, -0.25) is 0 Å². The molecule has 0 fully saturated rings. The van der Waals surface area contributed by atoms with Gasteiger partial charge in [0.1, 0.15) is 5.65 Å². The molecule has 2 aromatic heterocycles. The van der Waals surface area contributed by atoms with E-state index in [0.717, 1.165) is 17.0 Å². The zero-order valence-electron chi connectivity index (χ0n) is 8.49. The monoisotopic (exact) mass is 190 g/mol. The van der Waals surface area contributed by atoms with Gasteiger partial charge in [-0.05, 0) is 25.5 Å². The molecule has 0 aromatic carbocycles. The molecule has 74 valence electrons. The largest absolute Gasteiger partial charge is 0.396 e. The molecule has 0 unspecified atom stereocenters. The van der Waals surface area contributed by atoms with Gasteiger partial charge in [-0.1, -0.05) is 6.07 Å². The van der Waals surface area contributed by atoms with Gasteiger partial charge in [0.2, 0.25) is 0 Å². The van der Waals surface area contributed by atoms with Crippen molar-refractivity contribution in [3.8, 4) is 0 Å². The lowest BCUT2D eigenvalue weighted by Crippen LogP contribution is -1.94. The molecule has 3 nitrogen and oxygen atoms in total. The Hall–Kier alpha value is -1.35. The third-order valence-corrected chi connectivity index (χ3v) is 2.45. The maximum absolute atomic E-state index is 8.87. The van der Waals surface area contributed by atoms with Crippen molar-refractivity contribution in [2.24, 2.45) is 0 Å². The summed E-state index contributed by atoms with van der Waals surface area (Å²) in [6, 6.07) is 4.05. The molecule has 0 atom stereocenters. The third-order valence-electron chi connectivity index (χ3n) is 2.45. The van der Waals surface area contributed by atoms with Crippen molar-refractivity contribution >= 4 is 5.65 Å². The standard InChI is InChI=1S/C11H14N2O/c1-8-3-4-11-12-10(5-6-14)9(2)13(11)7-8/h3-4,7,14H,5-6H2,1-2H3. The summed E-state index contributed by atoms with van der Waals surface area (Å²) in [7, 11) is 0. The fourth-order valence-electron chi connectivity index (χ4n) is 1.66. The van der Waals surface area contributed by atoms with Gasteiger partial charge in [0.15, 0.2) is 0 Å². The van der Waals surface area contributed by atoms with Crippen molar-refractivity contribution in [1.82, 2.24) is 9.38 Å². The first kappa shape index (κ1) is 9.21. The van der Waals surface area contributed by atoms with Gasteiger partial charge in [-0.15, -0.1) is 0 Å². The lowest BCUT2D eigenvalue weighted by atomic mass is 10.3. The van der Waals surface area contributed by atoms with Crippen LogP contribution in [-0.2, 0) is 6.42 Å². The van der Waals surface area contributed by atoms with Crippen LogP contribution in [0.3, 0.4) is 0 Å². The summed E-state index contributed by atoms with van der Waals surface area (Å²) in [5.74, 6) is 0. The van der Waals surface area contributed by atoms with E-state index in [-0.39, 0.29) is 6.61 Å². The second-order valence-electron chi connectivity index (χ2n) is 3.55. The Morgan fingerprint density at radius 1 is 1.36 bits per heavy atom. The van der Waals surface area contributed by atoms with E-state index in [9.17, 15) is 0 Å². The zero-order chi connectivity index (χ0) is 10.1. The highest BCUT2D eigenvalue weighted by molar-refractivity contribution is 5.44. The summed E-state index contributed by atoms with van der Waals surface area (Å²) in [6.45, 7) is 4.25. The van der Waals surface area contributed by atoms with Crippen LogP contribution in [0.1, 0.15) is 17.0 Å². The number of aryl methyl sites for hydroxylation is 2. The zero-order valence-corrected chi connectivity index (χ0v) is 8.49. The van der Waals surface area contributed by atoms with Gasteiger partial charge < -0.3 is 9.51 Å². The van der Waals surface area contributed by atoms with E-state index in [1.54, 1.807) is 0 Å². The second kappa shape index (κ2) is 3.42. The number of aliphatic hydroxyl groups is 1. The lowest BCUT2D eigenvalue weighted by molar-refractivity contribution is 0.298. The quantitative estimate of drug-likeness (QED) is 0.779. The van der Waals surface area contributed by atoms with Gasteiger partial charge in [-0.25, -0.2) is 4.98 Å². The summed E-state index contributed by atoms with van der Waals surface area (Å²) < 4.78 is 2.07. The lowest BCUT2D eigenvalue weighted by Gasteiger charge is -1.98. The molecular weight excluding hydrogens is 176 g/mol. The van der Waals surface area contributed by atoms with Crippen molar-refractivity contribution in [2.75, 3.05) is 6.61 Å². The average Bonchev–Trinajstić information content (AvgIpc) is 2.46. The van der Waals surface area contributed by atoms with E-state index in [1.807, 2.05) is 19.1 Å². The predicted molar refractivity (Wildman–Crippen MR) is 55.5 cm³/mol. The number of aromatic nitrogens is 2. The van der Waals surface area contributed by atoms with Crippen LogP contribution in [0.15, 0.2) is 18.3 Å². The van der Waals surface area contributed by atoms with Crippen LogP contribution in [0.2, 0.25) is 0 Å². The molecule has 14 heavy (non-hydrogen) atoms. The van der Waals surface area contributed by atoms with Gasteiger partial charge in [0.05, 0.1) is 5.69 Å². The van der Waals surface area contributed by atoms with Crippen molar-refractivity contribution in [3.63, 3.8) is 0 Å². The smallest absolute Gasteiger partial charge is 0.137 e. The van der Waals surface area contributed by atoms with Crippen LogP contribution < -0.4 is 0 Å². The van der Waals surface area contributed by atoms with Gasteiger partial charge >= 0.3 is 0 Å². The van der Waals surface area contributed by atoms with Crippen molar-refractivity contribution in [2.45, 2.75) is 20.3 Å². The average molecular weight is 190 g/mol. The molecule has 0 aliphatic heterocycles. The van der Waals surface area contributed by atoms with Crippen molar-refractivity contribution in [1.29, 1.82) is 0 Å². The molecular formula is C11H14N2O. The maximum atomic E-state index is 8.87. The van der Waals surface area contributed by atoms with Gasteiger partial charge in [0, 0.05) is 24.9 Å². The fourth-order valence-corrected chi connectivity index (χ4v) is 1.66. The van der Waals surface area contributed by atoms with Crippen molar-refractivity contribution < 1.29 is 5.11 Å². The van der Waals surface area contributed by atoms with Crippen LogP contribution >= 0.6 is 0 Å². The van der Waals surface area contributed by atoms with E-state index < -0.39 is 0 Å². The number of aliphatic hydroxyl groups excluding tert-OH is 1. The first-order valence-electron chi connectivity index (χ1n) is 4.77. The number of rotatable bonds is 2. The number of fused-ring (bicyclic) bond motifs is 1. The molecule has 0 aliphatic rings. The summed E-state index contributed by atoms with van der Waals surface area (Å²) in [5.41, 5.74) is 4.28. The summed E-state index contributed by atoms with van der Waals surface area (Å²) in [6.07, 6.45) is 2.70. The van der Waals surface area contributed by atoms with Crippen LogP contribution in [0, 0.1) is 13.8 Å². The van der Waals surface area contributed by atoms with Crippen LogP contribution in [-0.4, -0.2) is 21.1 Å². The van der Waals surface area contributed by atoms with Crippen LogP contribution in [0.5, 0.6) is 0 Å². The number of nitrogens with zero attached hydrogens (tertiary/aromatic N) is 2. The van der Waals surface area contributed by atoms with Gasteiger partial charge in [-0.2, -0.15) is 0 Å².